The topological polar surface area (TPSA) is 61.8 Å². The van der Waals surface area contributed by atoms with Crippen molar-refractivity contribution in [3.63, 3.8) is 0 Å². The fourth-order valence-corrected chi connectivity index (χ4v) is 4.37. The minimum absolute atomic E-state index is 0.0616. The van der Waals surface area contributed by atoms with Crippen LogP contribution in [0.1, 0.15) is 13.3 Å². The molecule has 1 fully saturated rings. The van der Waals surface area contributed by atoms with Crippen molar-refractivity contribution < 1.29 is 9.59 Å². The van der Waals surface area contributed by atoms with E-state index in [4.69, 9.17) is 46.4 Å². The Morgan fingerprint density at radius 2 is 1.76 bits per heavy atom. The molecule has 1 unspecified atom stereocenters. The highest BCUT2D eigenvalue weighted by Crippen LogP contribution is 2.32. The fraction of sp³-hybridized carbons (Fsp3) is 0.211. The lowest BCUT2D eigenvalue weighted by atomic mass is 10.2. The van der Waals surface area contributed by atoms with Crippen molar-refractivity contribution in [3.8, 4) is 0 Å². The second-order valence-electron chi connectivity index (χ2n) is 6.06. The van der Waals surface area contributed by atoms with Crippen LogP contribution < -0.4 is 5.32 Å². The maximum Gasteiger partial charge on any atom is 0.238 e. The molecular formula is C19H15Cl4N3O2S. The predicted molar refractivity (Wildman–Crippen MR) is 122 cm³/mol. The first-order chi connectivity index (χ1) is 13.8. The van der Waals surface area contributed by atoms with E-state index in [1.54, 1.807) is 36.4 Å². The number of thioether (sulfide) groups is 1. The Balaban J connectivity index is 1.82. The highest BCUT2D eigenvalue weighted by Gasteiger charge is 2.35. The molecule has 1 N–H and O–H groups in total. The van der Waals surface area contributed by atoms with Gasteiger partial charge in [-0.05, 0) is 43.3 Å². The smallest absolute Gasteiger partial charge is 0.238 e. The van der Waals surface area contributed by atoms with Gasteiger partial charge in [0.15, 0.2) is 5.17 Å². The molecule has 29 heavy (non-hydrogen) atoms. The summed E-state index contributed by atoms with van der Waals surface area (Å²) in [5.41, 5.74) is 1.04. The quantitative estimate of drug-likeness (QED) is 0.548. The number of nitrogens with zero attached hydrogens (tertiary/aromatic N) is 2. The maximum absolute atomic E-state index is 12.7. The number of halogens is 4. The van der Waals surface area contributed by atoms with Crippen molar-refractivity contribution in [2.45, 2.75) is 18.6 Å². The Labute approximate surface area is 192 Å². The molecule has 1 aliphatic rings. The van der Waals surface area contributed by atoms with Gasteiger partial charge in [-0.25, -0.2) is 4.99 Å². The van der Waals surface area contributed by atoms with Gasteiger partial charge in [0.05, 0.1) is 25.8 Å². The number of carbonyl (C=O) groups excluding carboxylic acids is 2. The van der Waals surface area contributed by atoms with E-state index >= 15 is 0 Å². The summed E-state index contributed by atoms with van der Waals surface area (Å²) in [7, 11) is 0. The Hall–Kier alpha value is -1.44. The van der Waals surface area contributed by atoms with Crippen molar-refractivity contribution in [1.29, 1.82) is 0 Å². The van der Waals surface area contributed by atoms with Crippen molar-refractivity contribution in [2.75, 3.05) is 11.9 Å². The van der Waals surface area contributed by atoms with Crippen LogP contribution in [0.15, 0.2) is 41.4 Å². The van der Waals surface area contributed by atoms with Crippen LogP contribution in [0.25, 0.3) is 0 Å². The maximum atomic E-state index is 12.7. The van der Waals surface area contributed by atoms with Crippen LogP contribution in [0.2, 0.25) is 20.1 Å². The van der Waals surface area contributed by atoms with Gasteiger partial charge in [0, 0.05) is 18.7 Å². The van der Waals surface area contributed by atoms with Gasteiger partial charge >= 0.3 is 0 Å². The fourth-order valence-electron chi connectivity index (χ4n) is 2.61. The summed E-state index contributed by atoms with van der Waals surface area (Å²) in [4.78, 5) is 31.4. The van der Waals surface area contributed by atoms with Crippen molar-refractivity contribution in [3.05, 3.63) is 56.5 Å². The van der Waals surface area contributed by atoms with Gasteiger partial charge in [-0.1, -0.05) is 58.2 Å². The molecule has 1 atom stereocenters. The number of anilines is 1. The standard InChI is InChI=1S/C19H15Cl4N3O2S/c1-2-26-17(27)9-16(18(28)24-10-3-5-12(20)14(22)7-10)29-19(26)25-11-4-6-13(21)15(23)8-11/h3-8,16H,2,9H2,1H3,(H,24,28). The molecule has 0 spiro atoms. The third-order valence-electron chi connectivity index (χ3n) is 4.06. The van der Waals surface area contributed by atoms with E-state index in [1.165, 1.54) is 16.7 Å². The van der Waals surface area contributed by atoms with E-state index < -0.39 is 5.25 Å². The molecule has 152 valence electrons. The molecular weight excluding hydrogens is 476 g/mol. The molecule has 0 aromatic heterocycles. The van der Waals surface area contributed by atoms with Crippen LogP contribution in [-0.2, 0) is 9.59 Å². The largest absolute Gasteiger partial charge is 0.325 e. The van der Waals surface area contributed by atoms with Gasteiger partial charge in [-0.15, -0.1) is 0 Å². The average Bonchev–Trinajstić information content (AvgIpc) is 2.67. The SMILES string of the molecule is CCN1C(=O)CC(C(=O)Nc2ccc(Cl)c(Cl)c2)SC1=Nc1ccc(Cl)c(Cl)c1. The summed E-state index contributed by atoms with van der Waals surface area (Å²) in [5, 5.41) is 4.05. The lowest BCUT2D eigenvalue weighted by molar-refractivity contribution is -0.129. The summed E-state index contributed by atoms with van der Waals surface area (Å²) in [6.07, 6.45) is 0.0616. The van der Waals surface area contributed by atoms with Gasteiger partial charge in [-0.3, -0.25) is 14.5 Å². The molecule has 1 aliphatic heterocycles. The lowest BCUT2D eigenvalue weighted by Gasteiger charge is -2.31. The summed E-state index contributed by atoms with van der Waals surface area (Å²) in [6, 6.07) is 9.72. The molecule has 10 heteroatoms. The van der Waals surface area contributed by atoms with Gasteiger partial charge in [0.25, 0.3) is 0 Å². The van der Waals surface area contributed by atoms with E-state index in [0.29, 0.717) is 43.2 Å². The van der Waals surface area contributed by atoms with Crippen LogP contribution in [0.5, 0.6) is 0 Å². The Morgan fingerprint density at radius 1 is 1.10 bits per heavy atom. The molecule has 3 rings (SSSR count). The highest BCUT2D eigenvalue weighted by molar-refractivity contribution is 8.15. The van der Waals surface area contributed by atoms with Gasteiger partial charge in [0.2, 0.25) is 11.8 Å². The number of amidine groups is 1. The number of amides is 2. The van der Waals surface area contributed by atoms with Crippen LogP contribution in [0.4, 0.5) is 11.4 Å². The lowest BCUT2D eigenvalue weighted by Crippen LogP contribution is -2.45. The van der Waals surface area contributed by atoms with Gasteiger partial charge in [-0.2, -0.15) is 0 Å². The van der Waals surface area contributed by atoms with Crippen molar-refractivity contribution >= 4 is 86.5 Å². The molecule has 1 heterocycles. The highest BCUT2D eigenvalue weighted by atomic mass is 35.5. The van der Waals surface area contributed by atoms with Crippen LogP contribution in [-0.4, -0.2) is 33.7 Å². The third-order valence-corrected chi connectivity index (χ3v) is 6.73. The summed E-state index contributed by atoms with van der Waals surface area (Å²) >= 11 is 25.1. The first kappa shape index (κ1) is 22.2. The molecule has 2 aromatic carbocycles. The van der Waals surface area contributed by atoms with E-state index in [9.17, 15) is 9.59 Å². The van der Waals surface area contributed by atoms with Crippen molar-refractivity contribution in [1.82, 2.24) is 4.90 Å². The van der Waals surface area contributed by atoms with Gasteiger partial charge in [0.1, 0.15) is 5.25 Å². The number of hydrogen-bond donors (Lipinski definition) is 1. The molecule has 2 amide bonds. The Morgan fingerprint density at radius 3 is 2.38 bits per heavy atom. The number of nitrogens with one attached hydrogen (secondary N) is 1. The molecule has 2 aromatic rings. The summed E-state index contributed by atoms with van der Waals surface area (Å²) in [5.74, 6) is -0.501. The number of carbonyl (C=O) groups is 2. The number of hydrogen-bond acceptors (Lipinski definition) is 4. The Kier molecular flexibility index (Phi) is 7.35. The molecule has 0 radical (unpaired) electrons. The first-order valence-corrected chi connectivity index (χ1v) is 10.9. The van der Waals surface area contributed by atoms with E-state index in [0.717, 1.165) is 0 Å². The van der Waals surface area contributed by atoms with Crippen LogP contribution >= 0.6 is 58.2 Å². The second-order valence-corrected chi connectivity index (χ2v) is 8.86. The zero-order chi connectivity index (χ0) is 21.1. The predicted octanol–water partition coefficient (Wildman–Crippen LogP) is 6.28. The second kappa shape index (κ2) is 9.58. The molecule has 0 saturated carbocycles. The van der Waals surface area contributed by atoms with E-state index in [1.807, 2.05) is 6.92 Å². The molecule has 0 bridgehead atoms. The normalized spacial score (nSPS) is 18.2. The zero-order valence-corrected chi connectivity index (χ0v) is 18.9. The summed E-state index contributed by atoms with van der Waals surface area (Å²) in [6.45, 7) is 2.28. The molecule has 5 nitrogen and oxygen atoms in total. The first-order valence-electron chi connectivity index (χ1n) is 8.55. The average molecular weight is 491 g/mol. The molecule has 1 saturated heterocycles. The van der Waals surface area contributed by atoms with Crippen LogP contribution in [0.3, 0.4) is 0 Å². The number of benzene rings is 2. The monoisotopic (exact) mass is 489 g/mol. The third kappa shape index (κ3) is 5.38. The minimum Gasteiger partial charge on any atom is -0.325 e. The number of rotatable bonds is 4. The molecule has 0 aliphatic carbocycles. The van der Waals surface area contributed by atoms with Gasteiger partial charge < -0.3 is 5.32 Å². The van der Waals surface area contributed by atoms with Crippen molar-refractivity contribution in [2.24, 2.45) is 4.99 Å². The minimum atomic E-state index is -0.638. The van der Waals surface area contributed by atoms with Crippen LogP contribution in [0, 0.1) is 0 Å². The number of aliphatic imine (C=N–C) groups is 1. The summed E-state index contributed by atoms with van der Waals surface area (Å²) < 4.78 is 0. The zero-order valence-electron chi connectivity index (χ0n) is 15.1. The van der Waals surface area contributed by atoms with E-state index in [-0.39, 0.29) is 18.2 Å². The van der Waals surface area contributed by atoms with E-state index in [2.05, 4.69) is 10.3 Å². The Bertz CT molecular complexity index is 999.